The van der Waals surface area contributed by atoms with E-state index < -0.39 is 0 Å². The van der Waals surface area contributed by atoms with Crippen LogP contribution in [0.25, 0.3) is 0 Å². The summed E-state index contributed by atoms with van der Waals surface area (Å²) >= 11 is 0. The molecule has 5 rings (SSSR count). The Labute approximate surface area is 179 Å². The molecule has 0 radical (unpaired) electrons. The SMILES string of the molecule is CN1C(=O)C=C[C@]2(C)[C@H]3CC[C@]4(C)[C@@H](O)[C@H](Cc5ccc(F)cc5)C[C@H]4[C@@H]3CC[C@@H]12. The second kappa shape index (κ2) is 6.91. The molecule has 3 saturated carbocycles. The van der Waals surface area contributed by atoms with Gasteiger partial charge in [-0.15, -0.1) is 0 Å². The first-order valence-corrected chi connectivity index (χ1v) is 11.6. The molecular weight excluding hydrogens is 377 g/mol. The molecule has 1 aromatic rings. The molecule has 1 aromatic carbocycles. The molecule has 1 amide bonds. The van der Waals surface area contributed by atoms with Crippen LogP contribution < -0.4 is 0 Å². The number of carbonyl (C=O) groups excluding carboxylic acids is 1. The van der Waals surface area contributed by atoms with Gasteiger partial charge in [0, 0.05) is 18.5 Å². The Hall–Kier alpha value is -1.68. The van der Waals surface area contributed by atoms with Crippen molar-refractivity contribution in [2.45, 2.75) is 64.5 Å². The normalized spacial score (nSPS) is 45.1. The maximum atomic E-state index is 13.3. The van der Waals surface area contributed by atoms with Gasteiger partial charge in [0.25, 0.3) is 0 Å². The molecular formula is C26H34FNO2. The van der Waals surface area contributed by atoms with Crippen LogP contribution in [-0.2, 0) is 11.2 Å². The quantitative estimate of drug-likeness (QED) is 0.773. The largest absolute Gasteiger partial charge is 0.392 e. The van der Waals surface area contributed by atoms with E-state index in [1.54, 1.807) is 6.08 Å². The van der Waals surface area contributed by atoms with E-state index in [1.807, 2.05) is 24.1 Å². The van der Waals surface area contributed by atoms with Gasteiger partial charge in [-0.2, -0.15) is 0 Å². The molecule has 3 aliphatic carbocycles. The Morgan fingerprint density at radius 1 is 1.13 bits per heavy atom. The Morgan fingerprint density at radius 2 is 1.87 bits per heavy atom. The highest BCUT2D eigenvalue weighted by Crippen LogP contribution is 2.65. The third-order valence-corrected chi connectivity index (χ3v) is 9.66. The van der Waals surface area contributed by atoms with Crippen molar-refractivity contribution in [3.63, 3.8) is 0 Å². The fraction of sp³-hybridized carbons (Fsp3) is 0.654. The highest BCUT2D eigenvalue weighted by Gasteiger charge is 2.62. The zero-order chi connectivity index (χ0) is 21.3. The fourth-order valence-corrected chi connectivity index (χ4v) is 8.01. The topological polar surface area (TPSA) is 40.5 Å². The molecule has 0 spiro atoms. The summed E-state index contributed by atoms with van der Waals surface area (Å²) in [5.74, 6) is 1.85. The molecule has 30 heavy (non-hydrogen) atoms. The number of halogens is 1. The number of amides is 1. The zero-order valence-corrected chi connectivity index (χ0v) is 18.4. The van der Waals surface area contributed by atoms with Crippen molar-refractivity contribution in [1.29, 1.82) is 0 Å². The summed E-state index contributed by atoms with van der Waals surface area (Å²) in [7, 11) is 1.96. The first kappa shape index (κ1) is 20.2. The average molecular weight is 412 g/mol. The lowest BCUT2D eigenvalue weighted by Gasteiger charge is -2.60. The van der Waals surface area contributed by atoms with Crippen LogP contribution in [0.15, 0.2) is 36.4 Å². The summed E-state index contributed by atoms with van der Waals surface area (Å²) in [6, 6.07) is 7.07. The summed E-state index contributed by atoms with van der Waals surface area (Å²) in [6.45, 7) is 4.67. The second-order valence-corrected chi connectivity index (χ2v) is 10.9. The van der Waals surface area contributed by atoms with E-state index in [2.05, 4.69) is 19.9 Å². The summed E-state index contributed by atoms with van der Waals surface area (Å²) < 4.78 is 13.3. The lowest BCUT2D eigenvalue weighted by Crippen LogP contribution is -2.59. The minimum atomic E-state index is -0.301. The van der Waals surface area contributed by atoms with Gasteiger partial charge in [-0.05, 0) is 91.4 Å². The van der Waals surface area contributed by atoms with Crippen LogP contribution in [0.2, 0.25) is 0 Å². The summed E-state index contributed by atoms with van der Waals surface area (Å²) in [6.07, 6.45) is 9.93. The molecule has 162 valence electrons. The van der Waals surface area contributed by atoms with Crippen molar-refractivity contribution in [2.24, 2.45) is 34.5 Å². The average Bonchev–Trinajstić information content (AvgIpc) is 2.98. The van der Waals surface area contributed by atoms with Gasteiger partial charge in [-0.3, -0.25) is 4.79 Å². The third kappa shape index (κ3) is 2.82. The number of rotatable bonds is 2. The van der Waals surface area contributed by atoms with Crippen molar-refractivity contribution in [1.82, 2.24) is 4.90 Å². The molecule has 1 heterocycles. The van der Waals surface area contributed by atoms with Crippen LogP contribution in [0, 0.1) is 40.3 Å². The summed E-state index contributed by atoms with van der Waals surface area (Å²) in [4.78, 5) is 14.2. The van der Waals surface area contributed by atoms with Gasteiger partial charge < -0.3 is 10.0 Å². The number of aliphatic hydroxyl groups excluding tert-OH is 1. The van der Waals surface area contributed by atoms with E-state index in [1.165, 1.54) is 12.1 Å². The van der Waals surface area contributed by atoms with Gasteiger partial charge in [-0.1, -0.05) is 32.1 Å². The minimum Gasteiger partial charge on any atom is -0.392 e. The van der Waals surface area contributed by atoms with E-state index in [0.717, 1.165) is 44.1 Å². The van der Waals surface area contributed by atoms with E-state index in [4.69, 9.17) is 0 Å². The number of fused-ring (bicyclic) bond motifs is 5. The fourth-order valence-electron chi connectivity index (χ4n) is 8.01. The van der Waals surface area contributed by atoms with E-state index >= 15 is 0 Å². The van der Waals surface area contributed by atoms with Gasteiger partial charge in [0.2, 0.25) is 5.91 Å². The van der Waals surface area contributed by atoms with Gasteiger partial charge >= 0.3 is 0 Å². The summed E-state index contributed by atoms with van der Waals surface area (Å²) in [5.41, 5.74) is 1.12. The standard InChI is InChI=1S/C26H34FNO2/c1-25-13-11-23(29)28(3)22(25)9-8-19-20(25)10-12-26(2)21(19)15-17(24(26)30)14-16-4-6-18(27)7-5-16/h4-7,11,13,17,19-22,24,30H,8-10,12,14-15H2,1-3H3/t17-,19-,20+,21+,22-,24+,25-,26+/m1/s1. The Kier molecular flexibility index (Phi) is 4.66. The number of benzene rings is 1. The number of carbonyl (C=O) groups is 1. The smallest absolute Gasteiger partial charge is 0.246 e. The molecule has 0 unspecified atom stereocenters. The predicted octanol–water partition coefficient (Wildman–Crippen LogP) is 4.59. The monoisotopic (exact) mass is 411 g/mol. The van der Waals surface area contributed by atoms with Gasteiger partial charge in [0.15, 0.2) is 0 Å². The molecule has 3 nitrogen and oxygen atoms in total. The second-order valence-electron chi connectivity index (χ2n) is 10.9. The lowest BCUT2D eigenvalue weighted by atomic mass is 9.48. The maximum absolute atomic E-state index is 13.3. The van der Waals surface area contributed by atoms with Gasteiger partial charge in [0.05, 0.1) is 6.10 Å². The van der Waals surface area contributed by atoms with Crippen molar-refractivity contribution >= 4 is 5.91 Å². The van der Waals surface area contributed by atoms with Crippen molar-refractivity contribution in [3.8, 4) is 0 Å². The van der Waals surface area contributed by atoms with Crippen molar-refractivity contribution in [2.75, 3.05) is 7.05 Å². The zero-order valence-electron chi connectivity index (χ0n) is 18.4. The molecule has 1 aliphatic heterocycles. The number of hydrogen-bond donors (Lipinski definition) is 1. The van der Waals surface area contributed by atoms with E-state index in [-0.39, 0.29) is 34.6 Å². The van der Waals surface area contributed by atoms with Crippen LogP contribution in [0.1, 0.15) is 51.5 Å². The molecule has 4 aliphatic rings. The molecule has 0 saturated heterocycles. The molecule has 1 N–H and O–H groups in total. The third-order valence-electron chi connectivity index (χ3n) is 9.66. The number of nitrogens with zero attached hydrogens (tertiary/aromatic N) is 1. The first-order valence-electron chi connectivity index (χ1n) is 11.6. The Balaban J connectivity index is 1.41. The van der Waals surface area contributed by atoms with Gasteiger partial charge in [-0.25, -0.2) is 4.39 Å². The minimum absolute atomic E-state index is 0.0326. The number of aliphatic hydroxyl groups is 1. The molecule has 4 heteroatoms. The molecule has 3 fully saturated rings. The lowest BCUT2D eigenvalue weighted by molar-refractivity contribution is -0.140. The Morgan fingerprint density at radius 3 is 2.60 bits per heavy atom. The van der Waals surface area contributed by atoms with Crippen LogP contribution in [-0.4, -0.2) is 35.1 Å². The number of likely N-dealkylation sites (N-methyl/N-ethyl adjacent to an activating group) is 1. The molecule has 8 atom stereocenters. The van der Waals surface area contributed by atoms with Crippen molar-refractivity contribution < 1.29 is 14.3 Å². The summed E-state index contributed by atoms with van der Waals surface area (Å²) in [5, 5.41) is 11.4. The molecule has 0 bridgehead atoms. The predicted molar refractivity (Wildman–Crippen MR) is 115 cm³/mol. The van der Waals surface area contributed by atoms with E-state index in [0.29, 0.717) is 23.8 Å². The first-order chi connectivity index (χ1) is 14.2. The highest BCUT2D eigenvalue weighted by atomic mass is 19.1. The molecule has 0 aromatic heterocycles. The van der Waals surface area contributed by atoms with Crippen LogP contribution in [0.5, 0.6) is 0 Å². The van der Waals surface area contributed by atoms with E-state index in [9.17, 15) is 14.3 Å². The highest BCUT2D eigenvalue weighted by molar-refractivity contribution is 5.89. The number of hydrogen-bond acceptors (Lipinski definition) is 2. The van der Waals surface area contributed by atoms with Gasteiger partial charge in [0.1, 0.15) is 5.82 Å². The van der Waals surface area contributed by atoms with Crippen LogP contribution >= 0.6 is 0 Å². The van der Waals surface area contributed by atoms with Crippen molar-refractivity contribution in [3.05, 3.63) is 47.8 Å². The van der Waals surface area contributed by atoms with Crippen LogP contribution in [0.4, 0.5) is 4.39 Å². The van der Waals surface area contributed by atoms with Crippen LogP contribution in [0.3, 0.4) is 0 Å². The Bertz CT molecular complexity index is 866. The maximum Gasteiger partial charge on any atom is 0.246 e.